The van der Waals surface area contributed by atoms with Crippen LogP contribution in [0.2, 0.25) is 0 Å². The molecule has 7 heavy (non-hydrogen) atoms. The van der Waals surface area contributed by atoms with E-state index in [9.17, 15) is 0 Å². The Morgan fingerprint density at radius 2 is 2.57 bits per heavy atom. The van der Waals surface area contributed by atoms with Crippen molar-refractivity contribution < 1.29 is 4.18 Å². The van der Waals surface area contributed by atoms with Gasteiger partial charge < -0.3 is 0 Å². The van der Waals surface area contributed by atoms with E-state index in [1.54, 1.807) is 0 Å². The molecule has 0 aromatic carbocycles. The maximum absolute atomic E-state index is 4.69. The van der Waals surface area contributed by atoms with Crippen molar-refractivity contribution in [2.75, 3.05) is 6.54 Å². The average Bonchev–Trinajstić information content (AvgIpc) is 2.14. The molecule has 42 valence electrons. The highest BCUT2D eigenvalue weighted by Gasteiger charge is 2.11. The maximum atomic E-state index is 4.69. The Balaban J connectivity index is 2.14. The van der Waals surface area contributed by atoms with Gasteiger partial charge in [-0.2, -0.15) is 0 Å². The number of nitrogens with one attached hydrogen (secondary N) is 1. The number of hydrogen-bond donors (Lipinski definition) is 2. The summed E-state index contributed by atoms with van der Waals surface area (Å²) in [6.45, 7) is 1.07. The molecule has 1 heterocycles. The van der Waals surface area contributed by atoms with Gasteiger partial charge in [-0.05, 0) is 32.3 Å². The fourth-order valence-electron chi connectivity index (χ4n) is 0.743. The van der Waals surface area contributed by atoms with E-state index in [4.69, 9.17) is 4.18 Å². The lowest BCUT2D eigenvalue weighted by Gasteiger charge is -2.02. The molecule has 1 atom stereocenters. The number of rotatable bonds is 1. The van der Waals surface area contributed by atoms with Crippen molar-refractivity contribution in [3.8, 4) is 0 Å². The van der Waals surface area contributed by atoms with Crippen LogP contribution >= 0.6 is 12.9 Å². The fourth-order valence-corrected chi connectivity index (χ4v) is 0.922. The van der Waals surface area contributed by atoms with Gasteiger partial charge in [-0.1, -0.05) is 0 Å². The molecule has 1 fully saturated rings. The van der Waals surface area contributed by atoms with Crippen molar-refractivity contribution >= 4 is 12.9 Å². The Kier molecular flexibility index (Phi) is 1.97. The third kappa shape index (κ3) is 1.33. The highest BCUT2D eigenvalue weighted by molar-refractivity contribution is 7.75. The molecule has 0 saturated carbocycles. The van der Waals surface area contributed by atoms with E-state index in [0.29, 0.717) is 0 Å². The molecular formula is C4H9NOS. The van der Waals surface area contributed by atoms with E-state index in [1.165, 1.54) is 6.42 Å². The van der Waals surface area contributed by atoms with Gasteiger partial charge in [0, 0.05) is 0 Å². The summed E-state index contributed by atoms with van der Waals surface area (Å²) in [5.74, 6) is 0. The van der Waals surface area contributed by atoms with Gasteiger partial charge >= 0.3 is 0 Å². The Hall–Kier alpha value is 0.270. The van der Waals surface area contributed by atoms with Crippen LogP contribution in [0, 0.1) is 0 Å². The molecule has 1 rings (SSSR count). The highest BCUT2D eigenvalue weighted by atomic mass is 32.1. The minimum Gasteiger partial charge on any atom is -0.300 e. The molecule has 0 aromatic rings. The largest absolute Gasteiger partial charge is 0.300 e. The van der Waals surface area contributed by atoms with E-state index >= 15 is 0 Å². The molecule has 1 aliphatic rings. The molecule has 0 bridgehead atoms. The Bertz CT molecular complexity index is 53.7. The Morgan fingerprint density at radius 3 is 2.86 bits per heavy atom. The average molecular weight is 119 g/mol. The van der Waals surface area contributed by atoms with Crippen molar-refractivity contribution in [3.05, 3.63) is 0 Å². The van der Waals surface area contributed by atoms with E-state index in [1.807, 2.05) is 0 Å². The first kappa shape index (κ1) is 5.41. The van der Waals surface area contributed by atoms with Crippen LogP contribution in [0.5, 0.6) is 0 Å². The summed E-state index contributed by atoms with van der Waals surface area (Å²) in [6.07, 6.45) is 2.53. The molecule has 0 radical (unpaired) electrons. The zero-order chi connectivity index (χ0) is 5.11. The first-order valence-electron chi connectivity index (χ1n) is 2.47. The van der Waals surface area contributed by atoms with Crippen molar-refractivity contribution in [1.82, 2.24) is 5.32 Å². The van der Waals surface area contributed by atoms with E-state index in [-0.39, 0.29) is 6.23 Å². The van der Waals surface area contributed by atoms with Crippen molar-refractivity contribution in [3.63, 3.8) is 0 Å². The first-order valence-corrected chi connectivity index (χ1v) is 2.83. The molecule has 1 unspecified atom stereocenters. The SMILES string of the molecule is SOC1CCCN1. The normalized spacial score (nSPS) is 31.3. The molecule has 0 aromatic heterocycles. The number of hydrogen-bond acceptors (Lipinski definition) is 3. The number of thiol groups is 1. The van der Waals surface area contributed by atoms with Crippen molar-refractivity contribution in [1.29, 1.82) is 0 Å². The molecule has 1 N–H and O–H groups in total. The monoisotopic (exact) mass is 119 g/mol. The van der Waals surface area contributed by atoms with Crippen LogP contribution in [0.1, 0.15) is 12.8 Å². The lowest BCUT2D eigenvalue weighted by Crippen LogP contribution is -2.20. The lowest BCUT2D eigenvalue weighted by atomic mass is 10.4. The molecule has 3 heteroatoms. The van der Waals surface area contributed by atoms with Crippen molar-refractivity contribution in [2.45, 2.75) is 19.1 Å². The summed E-state index contributed by atoms with van der Waals surface area (Å²) in [7, 11) is 0. The van der Waals surface area contributed by atoms with Gasteiger partial charge in [0.15, 0.2) is 0 Å². The van der Waals surface area contributed by atoms with Crippen LogP contribution in [0.15, 0.2) is 0 Å². The highest BCUT2D eigenvalue weighted by Crippen LogP contribution is 2.06. The van der Waals surface area contributed by atoms with Crippen LogP contribution in [0.25, 0.3) is 0 Å². The Labute approximate surface area is 48.9 Å². The minimum absolute atomic E-state index is 0.211. The predicted molar refractivity (Wildman–Crippen MR) is 31.1 cm³/mol. The summed E-state index contributed by atoms with van der Waals surface area (Å²) in [6, 6.07) is 0. The smallest absolute Gasteiger partial charge is 0.122 e. The summed E-state index contributed by atoms with van der Waals surface area (Å²) in [5.41, 5.74) is 0. The minimum atomic E-state index is 0.211. The molecule has 1 aliphatic heterocycles. The second-order valence-electron chi connectivity index (χ2n) is 1.69. The van der Waals surface area contributed by atoms with Crippen LogP contribution < -0.4 is 5.32 Å². The second kappa shape index (κ2) is 2.55. The first-order chi connectivity index (χ1) is 3.43. The van der Waals surface area contributed by atoms with Gasteiger partial charge in [-0.15, -0.1) is 0 Å². The summed E-state index contributed by atoms with van der Waals surface area (Å²) >= 11 is 3.65. The second-order valence-corrected chi connectivity index (χ2v) is 1.90. The van der Waals surface area contributed by atoms with Crippen LogP contribution in [0.4, 0.5) is 0 Å². The fraction of sp³-hybridized carbons (Fsp3) is 1.00. The van der Waals surface area contributed by atoms with Crippen LogP contribution in [-0.2, 0) is 4.18 Å². The maximum Gasteiger partial charge on any atom is 0.122 e. The molecule has 2 nitrogen and oxygen atoms in total. The van der Waals surface area contributed by atoms with E-state index in [0.717, 1.165) is 13.0 Å². The van der Waals surface area contributed by atoms with Crippen LogP contribution in [0.3, 0.4) is 0 Å². The Morgan fingerprint density at radius 1 is 1.71 bits per heavy atom. The van der Waals surface area contributed by atoms with Gasteiger partial charge in [-0.25, -0.2) is 0 Å². The third-order valence-electron chi connectivity index (χ3n) is 1.14. The van der Waals surface area contributed by atoms with Gasteiger partial charge in [0.2, 0.25) is 0 Å². The molecule has 0 spiro atoms. The van der Waals surface area contributed by atoms with E-state index < -0.39 is 0 Å². The summed E-state index contributed by atoms with van der Waals surface area (Å²) in [5, 5.41) is 3.11. The van der Waals surface area contributed by atoms with E-state index in [2.05, 4.69) is 18.2 Å². The standard InChI is InChI=1S/C4H9NOS/c7-6-4-2-1-3-5-4/h4-5,7H,1-3H2. The zero-order valence-electron chi connectivity index (χ0n) is 4.05. The zero-order valence-corrected chi connectivity index (χ0v) is 4.95. The summed E-state index contributed by atoms with van der Waals surface area (Å²) in [4.78, 5) is 0. The van der Waals surface area contributed by atoms with Gasteiger partial charge in [-0.3, -0.25) is 9.50 Å². The van der Waals surface area contributed by atoms with Gasteiger partial charge in [0.05, 0.1) is 0 Å². The molecule has 0 aliphatic carbocycles. The lowest BCUT2D eigenvalue weighted by molar-refractivity contribution is 0.231. The summed E-state index contributed by atoms with van der Waals surface area (Å²) < 4.78 is 4.69. The third-order valence-corrected chi connectivity index (χ3v) is 1.40. The molecule has 0 amide bonds. The molecule has 1 saturated heterocycles. The molecular weight excluding hydrogens is 110 g/mol. The topological polar surface area (TPSA) is 21.3 Å². The quantitative estimate of drug-likeness (QED) is 0.388. The van der Waals surface area contributed by atoms with Gasteiger partial charge in [0.25, 0.3) is 0 Å². The van der Waals surface area contributed by atoms with Gasteiger partial charge in [0.1, 0.15) is 6.23 Å². The van der Waals surface area contributed by atoms with Crippen molar-refractivity contribution in [2.24, 2.45) is 0 Å². The predicted octanol–water partition coefficient (Wildman–Crippen LogP) is 0.557. The van der Waals surface area contributed by atoms with Crippen LogP contribution in [-0.4, -0.2) is 12.8 Å².